The fourth-order valence-electron chi connectivity index (χ4n) is 2.46. The van der Waals surface area contributed by atoms with Crippen LogP contribution in [0.25, 0.3) is 0 Å². The summed E-state index contributed by atoms with van der Waals surface area (Å²) in [5.41, 5.74) is 1.92. The largest absolute Gasteiger partial charge is 0.508 e. The Morgan fingerprint density at radius 2 is 2.14 bits per heavy atom. The number of carbonyl (C=O) groups excluding carboxylic acids is 2. The Bertz CT molecular complexity index is 607. The lowest BCUT2D eigenvalue weighted by Gasteiger charge is -2.22. The van der Waals surface area contributed by atoms with Crippen molar-refractivity contribution in [1.82, 2.24) is 4.90 Å². The van der Waals surface area contributed by atoms with Crippen LogP contribution in [0.4, 0.5) is 0 Å². The minimum Gasteiger partial charge on any atom is -0.508 e. The topological polar surface area (TPSA) is 66.8 Å². The van der Waals surface area contributed by atoms with E-state index in [-0.39, 0.29) is 23.8 Å². The zero-order valence-electron chi connectivity index (χ0n) is 13.0. The molecule has 0 saturated heterocycles. The minimum atomic E-state index is -0.611. The van der Waals surface area contributed by atoms with E-state index >= 15 is 0 Å². The highest BCUT2D eigenvalue weighted by molar-refractivity contribution is 5.92. The van der Waals surface area contributed by atoms with Crippen LogP contribution in [0.5, 0.6) is 5.75 Å². The summed E-state index contributed by atoms with van der Waals surface area (Å²) in [6.07, 6.45) is 4.99. The predicted octanol–water partition coefficient (Wildman–Crippen LogP) is 2.77. The zero-order chi connectivity index (χ0) is 16.1. The van der Waals surface area contributed by atoms with Gasteiger partial charge < -0.3 is 14.7 Å². The fourth-order valence-corrected chi connectivity index (χ4v) is 2.46. The molecular weight excluding hydrogens is 282 g/mol. The lowest BCUT2D eigenvalue weighted by Crippen LogP contribution is -2.33. The molecule has 5 nitrogen and oxygen atoms in total. The molecule has 0 radical (unpaired) electrons. The summed E-state index contributed by atoms with van der Waals surface area (Å²) in [4.78, 5) is 25.8. The zero-order valence-corrected chi connectivity index (χ0v) is 13.0. The molecule has 0 heterocycles. The number of rotatable bonds is 5. The van der Waals surface area contributed by atoms with Gasteiger partial charge in [0.05, 0.1) is 5.56 Å². The Hall–Kier alpha value is -2.30. The highest BCUT2D eigenvalue weighted by Gasteiger charge is 2.20. The van der Waals surface area contributed by atoms with Gasteiger partial charge in [0.25, 0.3) is 5.91 Å². The monoisotopic (exact) mass is 303 g/mol. The van der Waals surface area contributed by atoms with Gasteiger partial charge in [-0.15, -0.1) is 0 Å². The number of ether oxygens (including phenoxy) is 1. The summed E-state index contributed by atoms with van der Waals surface area (Å²) in [5, 5.41) is 9.61. The number of amides is 1. The Morgan fingerprint density at radius 3 is 2.73 bits per heavy atom. The number of hydrogen-bond donors (Lipinski definition) is 1. The van der Waals surface area contributed by atoms with E-state index in [9.17, 15) is 14.7 Å². The molecule has 0 unspecified atom stereocenters. The van der Waals surface area contributed by atoms with Crippen LogP contribution in [-0.4, -0.2) is 35.0 Å². The van der Waals surface area contributed by atoms with Crippen LogP contribution in [0.1, 0.15) is 42.1 Å². The third-order valence-electron chi connectivity index (χ3n) is 3.75. The molecule has 1 amide bonds. The summed E-state index contributed by atoms with van der Waals surface area (Å²) in [5.74, 6) is -0.799. The van der Waals surface area contributed by atoms with Crippen LogP contribution in [0.2, 0.25) is 0 Å². The molecule has 1 aromatic rings. The van der Waals surface area contributed by atoms with Crippen LogP contribution < -0.4 is 0 Å². The Morgan fingerprint density at radius 1 is 1.36 bits per heavy atom. The first-order valence-corrected chi connectivity index (χ1v) is 7.49. The van der Waals surface area contributed by atoms with Gasteiger partial charge in [-0.05, 0) is 50.8 Å². The Labute approximate surface area is 130 Å². The van der Waals surface area contributed by atoms with E-state index < -0.39 is 5.97 Å². The number of phenols is 1. The molecule has 0 bridgehead atoms. The fraction of sp³-hybridized carbons (Fsp3) is 0.412. The van der Waals surface area contributed by atoms with E-state index in [1.54, 1.807) is 24.0 Å². The van der Waals surface area contributed by atoms with Gasteiger partial charge in [0.1, 0.15) is 5.75 Å². The number of carbonyl (C=O) groups is 2. The first kappa shape index (κ1) is 16.1. The average molecular weight is 303 g/mol. The second kappa shape index (κ2) is 7.11. The van der Waals surface area contributed by atoms with Crippen molar-refractivity contribution >= 4 is 11.9 Å². The van der Waals surface area contributed by atoms with E-state index in [1.807, 2.05) is 6.92 Å². The molecule has 0 atom stereocenters. The van der Waals surface area contributed by atoms with E-state index in [0.717, 1.165) is 25.0 Å². The number of nitrogens with zero attached hydrogens (tertiary/aromatic N) is 1. The lowest BCUT2D eigenvalue weighted by atomic mass is 10.1. The van der Waals surface area contributed by atoms with Gasteiger partial charge in [0.2, 0.25) is 0 Å². The molecule has 1 aromatic carbocycles. The van der Waals surface area contributed by atoms with Crippen LogP contribution in [-0.2, 0) is 9.53 Å². The van der Waals surface area contributed by atoms with Crippen molar-refractivity contribution in [3.05, 3.63) is 41.1 Å². The molecule has 1 N–H and O–H groups in total. The Kier molecular flexibility index (Phi) is 5.20. The van der Waals surface area contributed by atoms with Crippen LogP contribution in [0.3, 0.4) is 0 Å². The molecule has 118 valence electrons. The quantitative estimate of drug-likeness (QED) is 0.849. The van der Waals surface area contributed by atoms with Crippen molar-refractivity contribution in [2.24, 2.45) is 0 Å². The maximum atomic E-state index is 12.2. The molecular formula is C17H21NO4. The first-order chi connectivity index (χ1) is 10.5. The number of aromatic hydroxyl groups is 1. The van der Waals surface area contributed by atoms with E-state index in [1.165, 1.54) is 6.07 Å². The van der Waals surface area contributed by atoms with Gasteiger partial charge in [0, 0.05) is 12.2 Å². The van der Waals surface area contributed by atoms with Crippen LogP contribution in [0.15, 0.2) is 30.0 Å². The molecule has 2 rings (SSSR count). The number of likely N-dealkylation sites (N-methyl/N-ethyl adjacent to an activating group) is 1. The summed E-state index contributed by atoms with van der Waals surface area (Å²) in [6, 6.07) is 4.55. The van der Waals surface area contributed by atoms with Crippen molar-refractivity contribution < 1.29 is 19.4 Å². The number of aryl methyl sites for hydroxylation is 1. The number of hydrogen-bond acceptors (Lipinski definition) is 4. The van der Waals surface area contributed by atoms with Gasteiger partial charge in [0.15, 0.2) is 6.61 Å². The lowest BCUT2D eigenvalue weighted by molar-refractivity contribution is -0.132. The standard InChI is InChI=1S/C17H21NO4/c1-3-18(14-6-4-5-7-14)16(20)11-22-17(21)13-9-8-12(2)15(19)10-13/h6,8-10,19H,3-5,7,11H2,1-2H3. The summed E-state index contributed by atoms with van der Waals surface area (Å²) < 4.78 is 5.06. The van der Waals surface area contributed by atoms with Crippen LogP contribution in [0, 0.1) is 6.92 Å². The van der Waals surface area contributed by atoms with Crippen molar-refractivity contribution in [2.45, 2.75) is 33.1 Å². The maximum absolute atomic E-state index is 12.2. The van der Waals surface area contributed by atoms with Gasteiger partial charge in [-0.25, -0.2) is 4.79 Å². The van der Waals surface area contributed by atoms with Crippen molar-refractivity contribution in [2.75, 3.05) is 13.2 Å². The summed E-state index contributed by atoms with van der Waals surface area (Å²) in [7, 11) is 0. The number of esters is 1. The van der Waals surface area contributed by atoms with E-state index in [4.69, 9.17) is 4.74 Å². The average Bonchev–Trinajstić information content (AvgIpc) is 3.02. The van der Waals surface area contributed by atoms with Crippen molar-refractivity contribution in [1.29, 1.82) is 0 Å². The Balaban J connectivity index is 1.94. The third kappa shape index (κ3) is 3.67. The summed E-state index contributed by atoms with van der Waals surface area (Å²) >= 11 is 0. The molecule has 0 saturated carbocycles. The maximum Gasteiger partial charge on any atom is 0.338 e. The minimum absolute atomic E-state index is 0.0343. The SMILES string of the molecule is CCN(C(=O)COC(=O)c1ccc(C)c(O)c1)C1=CCCC1. The highest BCUT2D eigenvalue weighted by atomic mass is 16.5. The molecule has 0 fully saturated rings. The van der Waals surface area contributed by atoms with E-state index in [2.05, 4.69) is 6.08 Å². The molecule has 5 heteroatoms. The summed E-state index contributed by atoms with van der Waals surface area (Å²) in [6.45, 7) is 3.91. The van der Waals surface area contributed by atoms with Crippen molar-refractivity contribution in [3.63, 3.8) is 0 Å². The van der Waals surface area contributed by atoms with E-state index in [0.29, 0.717) is 12.1 Å². The number of allylic oxidation sites excluding steroid dienone is 2. The van der Waals surface area contributed by atoms with Gasteiger partial charge >= 0.3 is 5.97 Å². The molecule has 22 heavy (non-hydrogen) atoms. The molecule has 0 aliphatic heterocycles. The van der Waals surface area contributed by atoms with Crippen molar-refractivity contribution in [3.8, 4) is 5.75 Å². The molecule has 0 spiro atoms. The molecule has 1 aliphatic rings. The predicted molar refractivity (Wildman–Crippen MR) is 82.4 cm³/mol. The van der Waals surface area contributed by atoms with Gasteiger partial charge in [-0.2, -0.15) is 0 Å². The number of phenolic OH excluding ortho intramolecular Hbond substituents is 1. The normalized spacial score (nSPS) is 13.6. The molecule has 0 aromatic heterocycles. The molecule has 1 aliphatic carbocycles. The first-order valence-electron chi connectivity index (χ1n) is 7.49. The smallest absolute Gasteiger partial charge is 0.338 e. The second-order valence-corrected chi connectivity index (χ2v) is 5.30. The second-order valence-electron chi connectivity index (χ2n) is 5.30. The van der Waals surface area contributed by atoms with Gasteiger partial charge in [-0.1, -0.05) is 12.1 Å². The van der Waals surface area contributed by atoms with Crippen LogP contribution >= 0.6 is 0 Å². The third-order valence-corrected chi connectivity index (χ3v) is 3.75. The number of benzene rings is 1. The highest BCUT2D eigenvalue weighted by Crippen LogP contribution is 2.22. The van der Waals surface area contributed by atoms with Gasteiger partial charge in [-0.3, -0.25) is 4.79 Å².